The van der Waals surface area contributed by atoms with E-state index in [-0.39, 0.29) is 43.0 Å². The van der Waals surface area contributed by atoms with Gasteiger partial charge < -0.3 is 26.0 Å². The molecule has 2 heterocycles. The summed E-state index contributed by atoms with van der Waals surface area (Å²) in [6.45, 7) is 1.26. The number of aromatic nitrogens is 3. The normalized spacial score (nSPS) is 19.1. The van der Waals surface area contributed by atoms with Gasteiger partial charge in [0, 0.05) is 31.1 Å². The zero-order valence-electron chi connectivity index (χ0n) is 27.9. The zero-order valence-corrected chi connectivity index (χ0v) is 27.9. The number of pyridine rings is 1. The molecule has 2 aliphatic rings. The average molecular weight is 736 g/mol. The van der Waals surface area contributed by atoms with Crippen LogP contribution >= 0.6 is 0 Å². The summed E-state index contributed by atoms with van der Waals surface area (Å²) in [6.07, 6.45) is -9.08. The minimum atomic E-state index is -5.15. The number of nitrogens with two attached hydrogens (primary N) is 1. The molecule has 2 saturated carbocycles. The second kappa shape index (κ2) is 13.7. The van der Waals surface area contributed by atoms with Gasteiger partial charge in [-0.1, -0.05) is 5.92 Å². The Hall–Kier alpha value is -4.27. The van der Waals surface area contributed by atoms with Crippen molar-refractivity contribution in [1.82, 2.24) is 25.2 Å². The fourth-order valence-corrected chi connectivity index (χ4v) is 6.32. The molecule has 51 heavy (non-hydrogen) atoms. The molecule has 2 atom stereocenters. The van der Waals surface area contributed by atoms with Crippen molar-refractivity contribution < 1.29 is 48.6 Å². The van der Waals surface area contributed by atoms with E-state index in [0.717, 1.165) is 6.92 Å². The van der Waals surface area contributed by atoms with Gasteiger partial charge in [-0.15, -0.1) is 0 Å². The highest BCUT2D eigenvalue weighted by atomic mass is 19.4. The van der Waals surface area contributed by atoms with Crippen LogP contribution in [0.15, 0.2) is 6.07 Å². The van der Waals surface area contributed by atoms with Crippen LogP contribution in [-0.2, 0) is 6.18 Å². The van der Waals surface area contributed by atoms with Crippen molar-refractivity contribution in [2.75, 3.05) is 51.4 Å². The smallest absolute Gasteiger partial charge is 0.417 e. The van der Waals surface area contributed by atoms with Crippen LogP contribution in [-0.4, -0.2) is 72.3 Å². The first kappa shape index (κ1) is 38.0. The average Bonchev–Trinajstić information content (AvgIpc) is 3.92. The maximum atomic E-state index is 16.4. The molecule has 2 aromatic heterocycles. The summed E-state index contributed by atoms with van der Waals surface area (Å²) in [6, 6.07) is 2.55. The largest absolute Gasteiger partial charge is 0.463 e. The van der Waals surface area contributed by atoms with Gasteiger partial charge in [0.25, 0.3) is 5.92 Å². The number of aryl methyl sites for hydroxylation is 1. The highest BCUT2D eigenvalue weighted by molar-refractivity contribution is 5.94. The molecule has 8 nitrogen and oxygen atoms in total. The Labute approximate surface area is 286 Å². The van der Waals surface area contributed by atoms with E-state index in [2.05, 4.69) is 37.6 Å². The predicted octanol–water partition coefficient (Wildman–Crippen LogP) is 7.09. The van der Waals surface area contributed by atoms with Gasteiger partial charge in [0.15, 0.2) is 5.82 Å². The third kappa shape index (κ3) is 7.97. The van der Waals surface area contributed by atoms with Crippen molar-refractivity contribution >= 4 is 22.4 Å². The maximum absolute atomic E-state index is 16.4. The van der Waals surface area contributed by atoms with E-state index in [4.69, 9.17) is 10.5 Å². The molecular formula is C33H35F10N7O. The summed E-state index contributed by atoms with van der Waals surface area (Å²) in [4.78, 5) is 13.8. The highest BCUT2D eigenvalue weighted by Crippen LogP contribution is 2.60. The number of hydrogen-bond acceptors (Lipinski definition) is 8. The van der Waals surface area contributed by atoms with Crippen LogP contribution in [0.3, 0.4) is 0 Å². The van der Waals surface area contributed by atoms with Gasteiger partial charge in [0.1, 0.15) is 29.5 Å². The van der Waals surface area contributed by atoms with Gasteiger partial charge in [-0.05, 0) is 64.8 Å². The van der Waals surface area contributed by atoms with Crippen molar-refractivity contribution in [3.63, 3.8) is 0 Å². The molecule has 2 fully saturated rings. The molecular weight excluding hydrogens is 700 g/mol. The Kier molecular flexibility index (Phi) is 10.2. The monoisotopic (exact) mass is 735 g/mol. The van der Waals surface area contributed by atoms with Gasteiger partial charge in [0.05, 0.1) is 40.2 Å². The Bertz CT molecular complexity index is 1870. The van der Waals surface area contributed by atoms with Crippen molar-refractivity contribution in [2.45, 2.75) is 57.8 Å². The number of ether oxygens (including phenoxy) is 1. The third-order valence-corrected chi connectivity index (χ3v) is 9.03. The number of alkyl halides is 8. The molecule has 5 rings (SSSR count). The van der Waals surface area contributed by atoms with E-state index >= 15 is 4.39 Å². The first-order valence-electron chi connectivity index (χ1n) is 15.9. The van der Waals surface area contributed by atoms with E-state index < -0.39 is 99.8 Å². The highest BCUT2D eigenvalue weighted by Gasteiger charge is 2.71. The van der Waals surface area contributed by atoms with Crippen molar-refractivity contribution in [2.24, 2.45) is 17.3 Å². The van der Waals surface area contributed by atoms with Gasteiger partial charge in [-0.3, -0.25) is 0 Å². The number of nitrogen functional groups attached to an aromatic ring is 1. The second-order valence-corrected chi connectivity index (χ2v) is 13.3. The first-order chi connectivity index (χ1) is 23.7. The van der Waals surface area contributed by atoms with Crippen LogP contribution in [0, 0.1) is 54.7 Å². The van der Waals surface area contributed by atoms with Crippen LogP contribution in [0.1, 0.15) is 42.5 Å². The SMILES string of the molecule is Cc1c(F)c(N)cc(-c2nc(C)c3c(NCC#CNCCC(C4CC4)C(F)(F)F)nc(OCC4(CN(C)C)CC4(F)F)nc3c2F)c1C(F)(F)F. The maximum Gasteiger partial charge on any atom is 0.417 e. The van der Waals surface area contributed by atoms with E-state index in [0.29, 0.717) is 18.9 Å². The Morgan fingerprint density at radius 1 is 1.06 bits per heavy atom. The van der Waals surface area contributed by atoms with E-state index in [1.54, 1.807) is 14.1 Å². The van der Waals surface area contributed by atoms with Crippen molar-refractivity contribution in [3.8, 4) is 29.2 Å². The number of benzene rings is 1. The molecule has 0 spiro atoms. The number of nitrogens with zero attached hydrogens (tertiary/aromatic N) is 4. The van der Waals surface area contributed by atoms with E-state index in [9.17, 15) is 39.5 Å². The third-order valence-electron chi connectivity index (χ3n) is 9.03. The van der Waals surface area contributed by atoms with Crippen LogP contribution < -0.4 is 21.1 Å². The molecule has 0 saturated heterocycles. The molecule has 2 unspecified atom stereocenters. The molecule has 3 aromatic rings. The Balaban J connectivity index is 1.49. The van der Waals surface area contributed by atoms with Gasteiger partial charge in [0.2, 0.25) is 0 Å². The first-order valence-corrected chi connectivity index (χ1v) is 15.9. The molecule has 0 bridgehead atoms. The Morgan fingerprint density at radius 3 is 2.29 bits per heavy atom. The lowest BCUT2D eigenvalue weighted by Crippen LogP contribution is -2.32. The quantitative estimate of drug-likeness (QED) is 0.0596. The molecule has 2 aliphatic carbocycles. The van der Waals surface area contributed by atoms with Gasteiger partial charge in [-0.25, -0.2) is 22.5 Å². The summed E-state index contributed by atoms with van der Waals surface area (Å²) < 4.78 is 148. The molecule has 1 aromatic carbocycles. The van der Waals surface area contributed by atoms with E-state index in [1.165, 1.54) is 11.8 Å². The summed E-state index contributed by atoms with van der Waals surface area (Å²) in [7, 11) is 3.18. The van der Waals surface area contributed by atoms with Gasteiger partial charge in [-0.2, -0.15) is 36.3 Å². The lowest BCUT2D eigenvalue weighted by molar-refractivity contribution is -0.181. The lowest BCUT2D eigenvalue weighted by atomic mass is 9.96. The molecule has 0 radical (unpaired) electrons. The standard InChI is InChI=1S/C33H35F10N7O/c1-16-23(33(41,42)43)19(12-21(44)24(16)34)26-25(35)27-22(17(2)47-26)28(46-10-5-9-45-11-8-20(18-6-7-18)32(38,39)40)49-29(48-27)51-15-30(14-50(3)4)13-31(30,36)37/h12,18,20,45H,6-8,10-11,13-15,44H2,1-4H3,(H,46,48,49). The van der Waals surface area contributed by atoms with Crippen LogP contribution in [0.4, 0.5) is 55.4 Å². The molecule has 0 aliphatic heterocycles. The molecule has 0 amide bonds. The van der Waals surface area contributed by atoms with E-state index in [1.807, 2.05) is 0 Å². The fourth-order valence-electron chi connectivity index (χ4n) is 6.32. The summed E-state index contributed by atoms with van der Waals surface area (Å²) in [5.41, 5.74) is -1.43. The van der Waals surface area contributed by atoms with Crippen LogP contribution in [0.2, 0.25) is 0 Å². The zero-order chi connectivity index (χ0) is 37.7. The van der Waals surface area contributed by atoms with Crippen molar-refractivity contribution in [1.29, 1.82) is 0 Å². The summed E-state index contributed by atoms with van der Waals surface area (Å²) >= 11 is 0. The number of nitrogens with one attached hydrogen (secondary N) is 2. The van der Waals surface area contributed by atoms with Gasteiger partial charge >= 0.3 is 18.4 Å². The minimum absolute atomic E-state index is 0.0360. The van der Waals surface area contributed by atoms with Crippen LogP contribution in [0.25, 0.3) is 22.2 Å². The number of fused-ring (bicyclic) bond motifs is 1. The van der Waals surface area contributed by atoms with Crippen molar-refractivity contribution in [3.05, 3.63) is 34.5 Å². The molecule has 18 heteroatoms. The summed E-state index contributed by atoms with van der Waals surface area (Å²) in [5.74, 6) is -5.15. The lowest BCUT2D eigenvalue weighted by Gasteiger charge is -2.21. The van der Waals surface area contributed by atoms with Crippen LogP contribution in [0.5, 0.6) is 6.01 Å². The molecule has 4 N–H and O–H groups in total. The second-order valence-electron chi connectivity index (χ2n) is 13.3. The number of anilines is 2. The summed E-state index contributed by atoms with van der Waals surface area (Å²) in [5, 5.41) is 5.29. The number of halogens is 10. The Morgan fingerprint density at radius 2 is 1.73 bits per heavy atom. The predicted molar refractivity (Wildman–Crippen MR) is 169 cm³/mol. The minimum Gasteiger partial charge on any atom is -0.463 e. The fraction of sp³-hybridized carbons (Fsp3) is 0.545. The number of hydrogen-bond donors (Lipinski definition) is 3. The topological polar surface area (TPSA) is 101 Å². The number of rotatable bonds is 12. The molecule has 278 valence electrons.